The van der Waals surface area contributed by atoms with Crippen LogP contribution in [-0.2, 0) is 11.3 Å². The lowest BCUT2D eigenvalue weighted by Gasteiger charge is -2.33. The Morgan fingerprint density at radius 1 is 1.43 bits per heavy atom. The highest BCUT2D eigenvalue weighted by molar-refractivity contribution is 5.87. The van der Waals surface area contributed by atoms with Crippen molar-refractivity contribution < 1.29 is 9.53 Å². The van der Waals surface area contributed by atoms with Crippen molar-refractivity contribution in [2.24, 2.45) is 0 Å². The van der Waals surface area contributed by atoms with E-state index in [-0.39, 0.29) is 5.97 Å². The van der Waals surface area contributed by atoms with Crippen molar-refractivity contribution >= 4 is 5.97 Å². The quantitative estimate of drug-likeness (QED) is 0.753. The number of pyridine rings is 1. The Labute approximate surface area is 127 Å². The van der Waals surface area contributed by atoms with E-state index in [1.54, 1.807) is 6.07 Å². The molecule has 116 valence electrons. The van der Waals surface area contributed by atoms with E-state index in [2.05, 4.69) is 23.7 Å². The summed E-state index contributed by atoms with van der Waals surface area (Å²) in [6.45, 7) is 5.32. The van der Waals surface area contributed by atoms with Gasteiger partial charge in [0.2, 0.25) is 0 Å². The lowest BCUT2D eigenvalue weighted by atomic mass is 10.1. The van der Waals surface area contributed by atoms with Crippen molar-refractivity contribution in [1.29, 1.82) is 0 Å². The first-order valence-electron chi connectivity index (χ1n) is 7.95. The first-order valence-corrected chi connectivity index (χ1v) is 7.95. The molecule has 0 bridgehead atoms. The van der Waals surface area contributed by atoms with Gasteiger partial charge in [-0.25, -0.2) is 9.78 Å². The summed E-state index contributed by atoms with van der Waals surface area (Å²) < 4.78 is 4.75. The van der Waals surface area contributed by atoms with Crippen molar-refractivity contribution in [2.45, 2.75) is 64.6 Å². The largest absolute Gasteiger partial charge is 0.464 e. The standard InChI is InChI=1S/C17H26N2O2/c1-4-13(2)19(15-9-5-6-10-15)12-14-8-7-11-16(18-14)17(20)21-3/h7-8,11,13,15H,4-6,9-10,12H2,1-3H3/t13-/m1/s1. The molecule has 1 atom stereocenters. The van der Waals surface area contributed by atoms with E-state index in [0.717, 1.165) is 18.7 Å². The number of hydrogen-bond acceptors (Lipinski definition) is 4. The lowest BCUT2D eigenvalue weighted by molar-refractivity contribution is 0.0593. The first-order chi connectivity index (χ1) is 10.2. The van der Waals surface area contributed by atoms with Crippen molar-refractivity contribution in [1.82, 2.24) is 9.88 Å². The van der Waals surface area contributed by atoms with Gasteiger partial charge in [-0.1, -0.05) is 25.8 Å². The number of methoxy groups -OCH3 is 1. The van der Waals surface area contributed by atoms with Crippen LogP contribution in [0.25, 0.3) is 0 Å². The highest BCUT2D eigenvalue weighted by Gasteiger charge is 2.26. The summed E-state index contributed by atoms with van der Waals surface area (Å²) in [5.41, 5.74) is 1.34. The molecule has 0 N–H and O–H groups in total. The molecule has 0 amide bonds. The van der Waals surface area contributed by atoms with Gasteiger partial charge in [-0.05, 0) is 38.3 Å². The van der Waals surface area contributed by atoms with Crippen LogP contribution in [0.5, 0.6) is 0 Å². The van der Waals surface area contributed by atoms with Crippen LogP contribution in [0.2, 0.25) is 0 Å². The summed E-state index contributed by atoms with van der Waals surface area (Å²) in [7, 11) is 1.39. The van der Waals surface area contributed by atoms with E-state index < -0.39 is 0 Å². The van der Waals surface area contributed by atoms with Crippen molar-refractivity contribution in [3.05, 3.63) is 29.6 Å². The van der Waals surface area contributed by atoms with Gasteiger partial charge in [0.15, 0.2) is 0 Å². The minimum absolute atomic E-state index is 0.368. The molecule has 0 saturated heterocycles. The summed E-state index contributed by atoms with van der Waals surface area (Å²) in [5.74, 6) is -0.368. The average Bonchev–Trinajstić information content (AvgIpc) is 3.05. The molecule has 1 aliphatic rings. The van der Waals surface area contributed by atoms with Crippen LogP contribution in [0.4, 0.5) is 0 Å². The molecule has 1 aromatic rings. The summed E-state index contributed by atoms with van der Waals surface area (Å²) in [5, 5.41) is 0. The van der Waals surface area contributed by atoms with Gasteiger partial charge in [-0.2, -0.15) is 0 Å². The van der Waals surface area contributed by atoms with Gasteiger partial charge < -0.3 is 4.74 Å². The summed E-state index contributed by atoms with van der Waals surface area (Å²) in [6.07, 6.45) is 6.34. The molecule has 1 aliphatic carbocycles. The Morgan fingerprint density at radius 2 is 2.14 bits per heavy atom. The minimum atomic E-state index is -0.368. The number of ether oxygens (including phenoxy) is 1. The van der Waals surface area contributed by atoms with Crippen LogP contribution < -0.4 is 0 Å². The summed E-state index contributed by atoms with van der Waals surface area (Å²) in [4.78, 5) is 18.6. The fraction of sp³-hybridized carbons (Fsp3) is 0.647. The van der Waals surface area contributed by atoms with Crippen LogP contribution in [0, 0.1) is 0 Å². The fourth-order valence-electron chi connectivity index (χ4n) is 3.09. The number of aromatic nitrogens is 1. The summed E-state index contributed by atoms with van der Waals surface area (Å²) >= 11 is 0. The van der Waals surface area contributed by atoms with Gasteiger partial charge in [0.05, 0.1) is 12.8 Å². The van der Waals surface area contributed by atoms with E-state index >= 15 is 0 Å². The van der Waals surface area contributed by atoms with Crippen LogP contribution in [0.15, 0.2) is 18.2 Å². The minimum Gasteiger partial charge on any atom is -0.464 e. The van der Waals surface area contributed by atoms with E-state index in [1.807, 2.05) is 12.1 Å². The highest BCUT2D eigenvalue weighted by atomic mass is 16.5. The third-order valence-electron chi connectivity index (χ3n) is 4.50. The van der Waals surface area contributed by atoms with E-state index in [9.17, 15) is 4.79 Å². The van der Waals surface area contributed by atoms with Crippen LogP contribution >= 0.6 is 0 Å². The van der Waals surface area contributed by atoms with Crippen molar-refractivity contribution in [3.63, 3.8) is 0 Å². The van der Waals surface area contributed by atoms with Crippen LogP contribution in [0.3, 0.4) is 0 Å². The molecule has 1 saturated carbocycles. The maximum Gasteiger partial charge on any atom is 0.356 e. The normalized spacial score (nSPS) is 17.1. The maximum absolute atomic E-state index is 11.6. The van der Waals surface area contributed by atoms with Gasteiger partial charge in [-0.3, -0.25) is 4.90 Å². The molecule has 21 heavy (non-hydrogen) atoms. The van der Waals surface area contributed by atoms with Gasteiger partial charge in [0, 0.05) is 18.6 Å². The van der Waals surface area contributed by atoms with Crippen LogP contribution in [-0.4, -0.2) is 35.0 Å². The molecule has 1 fully saturated rings. The molecule has 4 nitrogen and oxygen atoms in total. The monoisotopic (exact) mass is 290 g/mol. The smallest absolute Gasteiger partial charge is 0.356 e. The number of nitrogens with zero attached hydrogens (tertiary/aromatic N) is 2. The van der Waals surface area contributed by atoms with Gasteiger partial charge in [-0.15, -0.1) is 0 Å². The van der Waals surface area contributed by atoms with Gasteiger partial charge in [0.25, 0.3) is 0 Å². The Hall–Kier alpha value is -1.42. The van der Waals surface area contributed by atoms with E-state index in [4.69, 9.17) is 4.74 Å². The molecule has 0 radical (unpaired) electrons. The van der Waals surface area contributed by atoms with Crippen molar-refractivity contribution in [2.75, 3.05) is 7.11 Å². The SMILES string of the molecule is CC[C@@H](C)N(Cc1cccc(C(=O)OC)n1)C1CCCC1. The lowest BCUT2D eigenvalue weighted by Crippen LogP contribution is -2.39. The average molecular weight is 290 g/mol. The molecule has 4 heteroatoms. The molecule has 0 aliphatic heterocycles. The van der Waals surface area contributed by atoms with Gasteiger partial charge >= 0.3 is 5.97 Å². The first kappa shape index (κ1) is 16.0. The molecule has 1 aromatic heterocycles. The number of carbonyl (C=O) groups excluding carboxylic acids is 1. The second-order valence-corrected chi connectivity index (χ2v) is 5.87. The maximum atomic E-state index is 11.6. The number of esters is 1. The number of hydrogen-bond donors (Lipinski definition) is 0. The molecule has 2 rings (SSSR count). The van der Waals surface area contributed by atoms with Crippen molar-refractivity contribution in [3.8, 4) is 0 Å². The predicted molar refractivity (Wildman–Crippen MR) is 83.1 cm³/mol. The zero-order valence-electron chi connectivity index (χ0n) is 13.3. The Bertz CT molecular complexity index is 470. The van der Waals surface area contributed by atoms with Gasteiger partial charge in [0.1, 0.15) is 5.69 Å². The molecular weight excluding hydrogens is 264 g/mol. The molecule has 0 unspecified atom stereocenters. The molecule has 1 heterocycles. The second kappa shape index (κ2) is 7.55. The zero-order valence-corrected chi connectivity index (χ0v) is 13.3. The Morgan fingerprint density at radius 3 is 2.76 bits per heavy atom. The fourth-order valence-corrected chi connectivity index (χ4v) is 3.09. The Balaban J connectivity index is 2.14. The number of carbonyl (C=O) groups is 1. The van der Waals surface area contributed by atoms with Crippen LogP contribution in [0.1, 0.15) is 62.1 Å². The highest BCUT2D eigenvalue weighted by Crippen LogP contribution is 2.27. The molecular formula is C17H26N2O2. The summed E-state index contributed by atoms with van der Waals surface area (Å²) in [6, 6.07) is 6.79. The Kier molecular flexibility index (Phi) is 5.74. The second-order valence-electron chi connectivity index (χ2n) is 5.87. The number of rotatable bonds is 6. The topological polar surface area (TPSA) is 42.4 Å². The van der Waals surface area contributed by atoms with E-state index in [0.29, 0.717) is 17.8 Å². The molecule has 0 spiro atoms. The molecule has 0 aromatic carbocycles. The zero-order chi connectivity index (χ0) is 15.2. The third kappa shape index (κ3) is 4.03. The van der Waals surface area contributed by atoms with E-state index in [1.165, 1.54) is 32.8 Å². The third-order valence-corrected chi connectivity index (χ3v) is 4.50. The predicted octanol–water partition coefficient (Wildman–Crippen LogP) is 3.41.